The van der Waals surface area contributed by atoms with Gasteiger partial charge in [-0.2, -0.15) is 0 Å². The zero-order chi connectivity index (χ0) is 34.7. The summed E-state index contributed by atoms with van der Waals surface area (Å²) in [4.78, 5) is 4.83. The molecular formula is C50H36N2Pt+2. The number of nitrogens with zero attached hydrogens (tertiary/aromatic N) is 2. The standard InChI is InChI=1S/C50H36N2.Pt/c1-3-15-39(16-4-1)41-25-29-45(30-26-41)51-35-37-13-11-20-44(33-37)48-22-8-10-24-50(48)52(46-31-27-42(28-32-46)40-17-5-2-6-18-40)36-38-14-12-19-43(34-38)47-21-7-9-23-49(47)51;/h1-32H,35-36H2;/q-2;+4. The number of benzene rings is 8. The van der Waals surface area contributed by atoms with Crippen LogP contribution >= 0.6 is 0 Å². The largest absolute Gasteiger partial charge is 4.00 e. The summed E-state index contributed by atoms with van der Waals surface area (Å²) in [6.07, 6.45) is 0. The fraction of sp³-hybridized carbons (Fsp3) is 0.0400. The number of para-hydroxylation sites is 2. The Labute approximate surface area is 326 Å². The van der Waals surface area contributed by atoms with E-state index in [2.05, 4.69) is 216 Å². The second-order valence-corrected chi connectivity index (χ2v) is 13.2. The molecule has 8 aromatic rings. The summed E-state index contributed by atoms with van der Waals surface area (Å²) in [5.41, 5.74) is 16.0. The minimum atomic E-state index is 0. The second-order valence-electron chi connectivity index (χ2n) is 13.2. The molecule has 3 heteroatoms. The van der Waals surface area contributed by atoms with E-state index in [-0.39, 0.29) is 21.1 Å². The zero-order valence-corrected chi connectivity index (χ0v) is 31.4. The average Bonchev–Trinajstić information content (AvgIpc) is 3.23. The van der Waals surface area contributed by atoms with Crippen molar-refractivity contribution in [3.05, 3.63) is 217 Å². The first kappa shape index (κ1) is 34.2. The van der Waals surface area contributed by atoms with Crippen LogP contribution in [0.1, 0.15) is 11.1 Å². The van der Waals surface area contributed by atoms with Crippen molar-refractivity contribution in [2.45, 2.75) is 13.1 Å². The Morgan fingerprint density at radius 2 is 0.679 bits per heavy atom. The maximum absolute atomic E-state index is 3.86. The van der Waals surface area contributed by atoms with Crippen LogP contribution in [-0.4, -0.2) is 0 Å². The van der Waals surface area contributed by atoms with Gasteiger partial charge in [-0.25, -0.2) is 0 Å². The minimum absolute atomic E-state index is 0. The van der Waals surface area contributed by atoms with Crippen molar-refractivity contribution in [2.24, 2.45) is 0 Å². The summed E-state index contributed by atoms with van der Waals surface area (Å²) in [6, 6.07) is 77.2. The maximum atomic E-state index is 3.86. The van der Waals surface area contributed by atoms with Crippen LogP contribution in [-0.2, 0) is 34.2 Å². The molecule has 0 aliphatic carbocycles. The van der Waals surface area contributed by atoms with Crippen LogP contribution in [0.3, 0.4) is 0 Å². The number of hydrogen-bond donors (Lipinski definition) is 0. The Bertz CT molecular complexity index is 2280. The van der Waals surface area contributed by atoms with Gasteiger partial charge in [0.15, 0.2) is 0 Å². The Hall–Kier alpha value is -5.95. The Kier molecular flexibility index (Phi) is 9.88. The van der Waals surface area contributed by atoms with E-state index in [4.69, 9.17) is 0 Å². The Morgan fingerprint density at radius 3 is 1.09 bits per heavy atom. The van der Waals surface area contributed by atoms with Gasteiger partial charge in [-0.15, -0.1) is 70.8 Å². The van der Waals surface area contributed by atoms with Gasteiger partial charge in [0.05, 0.1) is 0 Å². The van der Waals surface area contributed by atoms with Crippen LogP contribution in [0.5, 0.6) is 0 Å². The molecule has 254 valence electrons. The average molecular weight is 860 g/mol. The van der Waals surface area contributed by atoms with Crippen molar-refractivity contribution >= 4 is 22.7 Å². The van der Waals surface area contributed by atoms with Gasteiger partial charge >= 0.3 is 21.1 Å². The normalized spacial score (nSPS) is 12.2. The summed E-state index contributed by atoms with van der Waals surface area (Å²) >= 11 is 0. The van der Waals surface area contributed by atoms with Crippen molar-refractivity contribution in [1.29, 1.82) is 0 Å². The van der Waals surface area contributed by atoms with Gasteiger partial charge in [0.2, 0.25) is 0 Å². The Morgan fingerprint density at radius 1 is 0.321 bits per heavy atom. The molecule has 1 heterocycles. The van der Waals surface area contributed by atoms with Gasteiger partial charge in [0.1, 0.15) is 0 Å². The molecule has 53 heavy (non-hydrogen) atoms. The van der Waals surface area contributed by atoms with E-state index in [0.29, 0.717) is 13.1 Å². The van der Waals surface area contributed by atoms with Crippen molar-refractivity contribution in [1.82, 2.24) is 0 Å². The molecule has 0 aromatic heterocycles. The molecule has 0 unspecified atom stereocenters. The summed E-state index contributed by atoms with van der Waals surface area (Å²) < 4.78 is 0. The molecule has 0 saturated carbocycles. The first-order chi connectivity index (χ1) is 25.8. The molecule has 1 aliphatic rings. The molecule has 0 fully saturated rings. The summed E-state index contributed by atoms with van der Waals surface area (Å²) in [5.74, 6) is 0. The SMILES string of the molecule is [Pt+4].[c-]1c2cccc1-c1ccccc1N(c1ccc(-c3ccccc3)cc1)Cc1[c-]c(ccc1)-c1ccccc1N(c1ccc(-c3ccccc3)cc1)C2. The van der Waals surface area contributed by atoms with Crippen LogP contribution < -0.4 is 9.80 Å². The molecule has 0 radical (unpaired) electrons. The van der Waals surface area contributed by atoms with Gasteiger partial charge in [0, 0.05) is 35.8 Å². The zero-order valence-electron chi connectivity index (χ0n) is 29.1. The molecular weight excluding hydrogens is 824 g/mol. The van der Waals surface area contributed by atoms with E-state index in [9.17, 15) is 0 Å². The van der Waals surface area contributed by atoms with Gasteiger partial charge in [0.25, 0.3) is 0 Å². The maximum Gasteiger partial charge on any atom is 4.00 e. The molecule has 0 spiro atoms. The van der Waals surface area contributed by atoms with E-state index < -0.39 is 0 Å². The molecule has 0 atom stereocenters. The van der Waals surface area contributed by atoms with Gasteiger partial charge in [-0.3, -0.25) is 0 Å². The predicted molar refractivity (Wildman–Crippen MR) is 217 cm³/mol. The van der Waals surface area contributed by atoms with Crippen LogP contribution in [0.15, 0.2) is 194 Å². The molecule has 2 nitrogen and oxygen atoms in total. The van der Waals surface area contributed by atoms with E-state index in [1.54, 1.807) is 0 Å². The van der Waals surface area contributed by atoms with Crippen LogP contribution in [0.25, 0.3) is 44.5 Å². The molecule has 1 aliphatic heterocycles. The topological polar surface area (TPSA) is 6.48 Å². The molecule has 8 aromatic carbocycles. The quantitative estimate of drug-likeness (QED) is 0.163. The fourth-order valence-electron chi connectivity index (χ4n) is 7.31. The number of fused-ring (bicyclic) bond motifs is 8. The molecule has 0 saturated heterocycles. The number of anilines is 4. The third kappa shape index (κ3) is 7.12. The van der Waals surface area contributed by atoms with Crippen LogP contribution in [0, 0.1) is 12.1 Å². The van der Waals surface area contributed by atoms with Crippen molar-refractivity contribution in [3.63, 3.8) is 0 Å². The van der Waals surface area contributed by atoms with Crippen molar-refractivity contribution in [2.75, 3.05) is 9.80 Å². The smallest absolute Gasteiger partial charge is 0.346 e. The summed E-state index contributed by atoms with van der Waals surface area (Å²) in [6.45, 7) is 1.31. The minimum Gasteiger partial charge on any atom is -0.346 e. The third-order valence-corrected chi connectivity index (χ3v) is 9.91. The fourth-order valence-corrected chi connectivity index (χ4v) is 7.31. The first-order valence-electron chi connectivity index (χ1n) is 17.8. The van der Waals surface area contributed by atoms with Crippen LogP contribution in [0.2, 0.25) is 0 Å². The van der Waals surface area contributed by atoms with E-state index in [1.807, 2.05) is 0 Å². The molecule has 0 amide bonds. The Balaban J connectivity index is 0.00000400. The first-order valence-corrected chi connectivity index (χ1v) is 17.8. The second kappa shape index (κ2) is 15.3. The van der Waals surface area contributed by atoms with E-state index >= 15 is 0 Å². The molecule has 4 bridgehead atoms. The van der Waals surface area contributed by atoms with Gasteiger partial charge in [-0.1, -0.05) is 132 Å². The monoisotopic (exact) mass is 859 g/mol. The van der Waals surface area contributed by atoms with E-state index in [0.717, 1.165) is 56.1 Å². The molecule has 9 rings (SSSR count). The number of hydrogen-bond acceptors (Lipinski definition) is 2. The van der Waals surface area contributed by atoms with Gasteiger partial charge in [-0.05, 0) is 58.7 Å². The predicted octanol–water partition coefficient (Wildman–Crippen LogP) is 12.9. The molecule has 0 N–H and O–H groups in total. The third-order valence-electron chi connectivity index (χ3n) is 9.91. The van der Waals surface area contributed by atoms with Crippen LogP contribution in [0.4, 0.5) is 22.7 Å². The van der Waals surface area contributed by atoms with E-state index in [1.165, 1.54) is 22.3 Å². The summed E-state index contributed by atoms with van der Waals surface area (Å²) in [5, 5.41) is 0. The summed E-state index contributed by atoms with van der Waals surface area (Å²) in [7, 11) is 0. The van der Waals surface area contributed by atoms with Gasteiger partial charge < -0.3 is 9.80 Å². The van der Waals surface area contributed by atoms with Crippen molar-refractivity contribution in [3.8, 4) is 44.5 Å². The van der Waals surface area contributed by atoms with Crippen molar-refractivity contribution < 1.29 is 21.1 Å². The number of rotatable bonds is 4.